The first-order valence-electron chi connectivity index (χ1n) is 20.0. The number of carbonyl (C=O) groups excluding carboxylic acids is 1. The molecule has 5 nitrogen and oxygen atoms in total. The van der Waals surface area contributed by atoms with E-state index in [1.165, 1.54) is 24.3 Å². The molecule has 0 saturated carbocycles. The minimum absolute atomic E-state index is 0.0149. The summed E-state index contributed by atoms with van der Waals surface area (Å²) in [6, 6.07) is 2.36. The highest BCUT2D eigenvalue weighted by Gasteiger charge is 2.47. The molecule has 0 saturated heterocycles. The molecule has 6 aromatic rings. The Balaban J connectivity index is 0.000000483. The largest absolute Gasteiger partial charge is 0.416 e. The monoisotopic (exact) mass is 1110 g/mol. The maximum atomic E-state index is 14.2. The smallest absolute Gasteiger partial charge is 0.287 e. The lowest BCUT2D eigenvalue weighted by Crippen LogP contribution is -2.75. The van der Waals surface area contributed by atoms with Crippen molar-refractivity contribution < 1.29 is 120 Å². The van der Waals surface area contributed by atoms with Gasteiger partial charge in [-0.3, -0.25) is 14.9 Å². The Morgan fingerprint density at radius 3 is 0.813 bits per heavy atom. The van der Waals surface area contributed by atoms with Gasteiger partial charge in [0.05, 0.1) is 49.4 Å². The summed E-state index contributed by atoms with van der Waals surface area (Å²) in [4.78, 5) is 21.9. The van der Waals surface area contributed by atoms with Crippen molar-refractivity contribution in [1.82, 2.24) is 0 Å². The van der Waals surface area contributed by atoms with Gasteiger partial charge in [0.1, 0.15) is 6.15 Å². The van der Waals surface area contributed by atoms with Gasteiger partial charge in [-0.25, -0.2) is 0 Å². The maximum absolute atomic E-state index is 14.2. The van der Waals surface area contributed by atoms with Crippen molar-refractivity contribution in [3.05, 3.63) is 188 Å². The molecule has 0 atom stereocenters. The second kappa shape index (κ2) is 20.1. The van der Waals surface area contributed by atoms with Gasteiger partial charge in [-0.05, 0) is 36.4 Å². The molecular weight excluding hydrogens is 1080 g/mol. The molecule has 402 valence electrons. The first-order valence-corrected chi connectivity index (χ1v) is 20.0. The summed E-state index contributed by atoms with van der Waals surface area (Å²) in [7, 11) is 0. The van der Waals surface area contributed by atoms with E-state index >= 15 is 0 Å². The summed E-state index contributed by atoms with van der Waals surface area (Å²) in [6.07, 6.45) is -51.2. The fourth-order valence-corrected chi connectivity index (χ4v) is 7.64. The van der Waals surface area contributed by atoms with E-state index in [4.69, 9.17) is 0 Å². The van der Waals surface area contributed by atoms with Crippen LogP contribution in [0.25, 0.3) is 0 Å². The fourth-order valence-electron chi connectivity index (χ4n) is 7.64. The van der Waals surface area contributed by atoms with Gasteiger partial charge in [-0.2, -0.15) is 132 Å². The van der Waals surface area contributed by atoms with Crippen LogP contribution in [0.15, 0.2) is 128 Å². The number of rotatable bonds is 8. The Kier molecular flexibility index (Phi) is 15.7. The number of halogens is 24. The van der Waals surface area contributed by atoms with E-state index in [1.807, 2.05) is 18.2 Å². The number of aromatic nitrogens is 1. The molecule has 30 heteroatoms. The first kappa shape index (κ1) is 58.6. The van der Waals surface area contributed by atoms with E-state index < -0.39 is 200 Å². The minimum atomic E-state index is -6.13. The summed E-state index contributed by atoms with van der Waals surface area (Å²) in [5, 5.41) is 10.5. The SMILES string of the molecule is FC(F)(F)c1cc([B-](c2cc(C(F)(F)F)cc(C(F)(F)F)c2)(c2cc(C(F)(F)F)cc(C(F)(F)F)c2)c2cc(C(F)(F)F)cc(C(F)(F)F)c2)cc(C(F)(F)F)c1.O=C(C[n+]1ccccc1)c1ccc([N+](=O)[O-])cc1. The predicted molar refractivity (Wildman–Crippen MR) is 214 cm³/mol. The van der Waals surface area contributed by atoms with Crippen molar-refractivity contribution in [3.63, 3.8) is 0 Å². The molecule has 0 spiro atoms. The van der Waals surface area contributed by atoms with Gasteiger partial charge >= 0.3 is 49.4 Å². The van der Waals surface area contributed by atoms with Gasteiger partial charge in [0.25, 0.3) is 5.69 Å². The summed E-state index contributed by atoms with van der Waals surface area (Å²) >= 11 is 0. The summed E-state index contributed by atoms with van der Waals surface area (Å²) in [5.74, 6) is -0.0823. The van der Waals surface area contributed by atoms with Crippen molar-refractivity contribution in [2.24, 2.45) is 0 Å². The summed E-state index contributed by atoms with van der Waals surface area (Å²) in [6.45, 7) is 0.221. The standard InChI is InChI=1S/C32H12BF24.C13H11N2O3/c34-25(35,36)13-1-14(26(37,38)39)6-21(5-13)33(22-7-15(27(40,41)42)2-16(8-22)28(43,44)45,23-9-17(29(46,47)48)3-18(10-23)30(49,50)51)24-11-19(31(52,53)54)4-20(12-24)32(55,56)57;16-13(10-14-8-2-1-3-9-14)11-4-6-12(7-5-11)15(17)18/h1-12H;1-9H,10H2/q-1;+1. The molecule has 0 bridgehead atoms. The number of nitro benzene ring substituents is 1. The van der Waals surface area contributed by atoms with Crippen LogP contribution in [0.3, 0.4) is 0 Å². The molecule has 0 aliphatic rings. The van der Waals surface area contributed by atoms with Crippen LogP contribution in [-0.2, 0) is 56.0 Å². The van der Waals surface area contributed by atoms with Gasteiger partial charge in [-0.15, -0.1) is 0 Å². The molecule has 0 amide bonds. The van der Waals surface area contributed by atoms with Crippen molar-refractivity contribution in [1.29, 1.82) is 0 Å². The Hall–Kier alpha value is -7.30. The molecule has 0 unspecified atom stereocenters. The molecule has 0 aliphatic carbocycles. The predicted octanol–water partition coefficient (Wildman–Crippen LogP) is 13.0. The lowest BCUT2D eigenvalue weighted by Gasteiger charge is -2.46. The van der Waals surface area contributed by atoms with Gasteiger partial charge in [0.2, 0.25) is 12.3 Å². The molecule has 1 aromatic heterocycles. The quantitative estimate of drug-likeness (QED) is 0.0381. The molecule has 5 aromatic carbocycles. The number of non-ortho nitro benzene ring substituents is 1. The topological polar surface area (TPSA) is 64.1 Å². The number of hydrogen-bond acceptors (Lipinski definition) is 3. The van der Waals surface area contributed by atoms with Crippen LogP contribution >= 0.6 is 0 Å². The maximum Gasteiger partial charge on any atom is 0.416 e. The molecule has 0 N–H and O–H groups in total. The van der Waals surface area contributed by atoms with Crippen LogP contribution in [0.2, 0.25) is 0 Å². The Labute approximate surface area is 402 Å². The van der Waals surface area contributed by atoms with Crippen LogP contribution in [0, 0.1) is 10.1 Å². The van der Waals surface area contributed by atoms with Crippen LogP contribution in [0.4, 0.5) is 111 Å². The number of carbonyl (C=O) groups is 1. The zero-order valence-corrected chi connectivity index (χ0v) is 36.1. The second-order valence-electron chi connectivity index (χ2n) is 16.0. The molecule has 75 heavy (non-hydrogen) atoms. The zero-order valence-electron chi connectivity index (χ0n) is 36.1. The first-order chi connectivity index (χ1) is 33.9. The van der Waals surface area contributed by atoms with E-state index in [0.29, 0.717) is 5.56 Å². The summed E-state index contributed by atoms with van der Waals surface area (Å²) in [5.41, 5.74) is -29.8. The molecule has 0 radical (unpaired) electrons. The number of benzene rings is 5. The highest BCUT2D eigenvalue weighted by Crippen LogP contribution is 2.41. The lowest BCUT2D eigenvalue weighted by molar-refractivity contribution is -0.683. The molecule has 6 rings (SSSR count). The number of ketones is 1. The summed E-state index contributed by atoms with van der Waals surface area (Å²) < 4.78 is 343. The minimum Gasteiger partial charge on any atom is -0.287 e. The number of Topliss-reactive ketones (excluding diaryl/α,β-unsaturated/α-hetero) is 1. The van der Waals surface area contributed by atoms with Crippen molar-refractivity contribution in [3.8, 4) is 0 Å². The molecular formula is C45H23BF24N2O3. The Morgan fingerprint density at radius 2 is 0.613 bits per heavy atom. The van der Waals surface area contributed by atoms with E-state index in [9.17, 15) is 120 Å². The number of nitrogens with zero attached hydrogens (tertiary/aromatic N) is 2. The fraction of sp³-hybridized carbons (Fsp3) is 0.200. The molecule has 0 aliphatic heterocycles. The normalized spacial score (nSPS) is 13.3. The number of pyridine rings is 1. The second-order valence-corrected chi connectivity index (χ2v) is 16.0. The average Bonchev–Trinajstić information content (AvgIpc) is 3.27. The van der Waals surface area contributed by atoms with Gasteiger partial charge in [-0.1, -0.05) is 54.6 Å². The van der Waals surface area contributed by atoms with Crippen LogP contribution < -0.4 is 26.4 Å². The number of hydrogen-bond donors (Lipinski definition) is 0. The number of alkyl halides is 24. The lowest BCUT2D eigenvalue weighted by atomic mass is 9.12. The van der Waals surface area contributed by atoms with Crippen LogP contribution in [0.5, 0.6) is 0 Å². The third-order valence-corrected chi connectivity index (χ3v) is 10.9. The molecule has 0 fully saturated rings. The van der Waals surface area contributed by atoms with E-state index in [1.54, 1.807) is 17.0 Å². The third-order valence-electron chi connectivity index (χ3n) is 10.9. The van der Waals surface area contributed by atoms with Gasteiger partial charge < -0.3 is 0 Å². The van der Waals surface area contributed by atoms with E-state index in [-0.39, 0.29) is 18.0 Å². The van der Waals surface area contributed by atoms with E-state index in [0.717, 1.165) is 0 Å². The average molecular weight is 1110 g/mol. The van der Waals surface area contributed by atoms with Gasteiger partial charge in [0.15, 0.2) is 12.4 Å². The highest BCUT2D eigenvalue weighted by molar-refractivity contribution is 7.20. The van der Waals surface area contributed by atoms with Crippen LogP contribution in [-0.4, -0.2) is 16.9 Å². The number of nitro groups is 1. The Morgan fingerprint density at radius 1 is 0.387 bits per heavy atom. The van der Waals surface area contributed by atoms with Crippen molar-refractivity contribution >= 4 is 39.5 Å². The van der Waals surface area contributed by atoms with Crippen molar-refractivity contribution in [2.75, 3.05) is 0 Å². The third kappa shape index (κ3) is 13.7. The van der Waals surface area contributed by atoms with Crippen LogP contribution in [0.1, 0.15) is 54.9 Å². The zero-order chi connectivity index (χ0) is 56.9. The van der Waals surface area contributed by atoms with E-state index in [2.05, 4.69) is 0 Å². The van der Waals surface area contributed by atoms with Crippen molar-refractivity contribution in [2.45, 2.75) is 56.0 Å². The highest BCUT2D eigenvalue weighted by atomic mass is 19.4. The van der Waals surface area contributed by atoms with Gasteiger partial charge in [0, 0.05) is 29.8 Å². The molecule has 1 heterocycles. The Bertz CT molecular complexity index is 2620.